The van der Waals surface area contributed by atoms with Gasteiger partial charge < -0.3 is 14.7 Å². The number of carbonyl (C=O) groups is 1. The Bertz CT molecular complexity index is 918. The molecule has 0 spiro atoms. The number of amides is 1. The summed E-state index contributed by atoms with van der Waals surface area (Å²) in [5, 5.41) is 0. The Hall–Kier alpha value is -2.84. The molecule has 0 saturated carbocycles. The SMILES string of the molecule is Cc1cc(N2CCN(C(=O)c3ccc(C(F)(F)F)cc3)CC2)nc(N2CCCCC2)n1. The first-order chi connectivity index (χ1) is 14.8. The number of carbonyl (C=O) groups excluding carboxylic acids is 1. The van der Waals surface area contributed by atoms with E-state index in [1.165, 1.54) is 18.6 Å². The van der Waals surface area contributed by atoms with Crippen LogP contribution in [-0.2, 0) is 6.18 Å². The molecule has 2 aliphatic rings. The van der Waals surface area contributed by atoms with Gasteiger partial charge in [-0.1, -0.05) is 0 Å². The zero-order valence-corrected chi connectivity index (χ0v) is 17.5. The van der Waals surface area contributed by atoms with E-state index in [0.29, 0.717) is 26.2 Å². The number of rotatable bonds is 3. The number of piperidine rings is 1. The van der Waals surface area contributed by atoms with Gasteiger partial charge in [-0.2, -0.15) is 18.2 Å². The largest absolute Gasteiger partial charge is 0.416 e. The molecule has 2 saturated heterocycles. The van der Waals surface area contributed by atoms with Crippen molar-refractivity contribution in [3.05, 3.63) is 47.2 Å². The molecule has 166 valence electrons. The van der Waals surface area contributed by atoms with Crippen LogP contribution >= 0.6 is 0 Å². The molecule has 0 unspecified atom stereocenters. The Balaban J connectivity index is 1.40. The van der Waals surface area contributed by atoms with Crippen molar-refractivity contribution in [2.45, 2.75) is 32.4 Å². The van der Waals surface area contributed by atoms with E-state index in [0.717, 1.165) is 55.5 Å². The molecule has 0 bridgehead atoms. The van der Waals surface area contributed by atoms with E-state index in [4.69, 9.17) is 4.98 Å². The summed E-state index contributed by atoms with van der Waals surface area (Å²) in [5.74, 6) is 1.37. The quantitative estimate of drug-likeness (QED) is 0.738. The second-order valence-corrected chi connectivity index (χ2v) is 8.07. The summed E-state index contributed by atoms with van der Waals surface area (Å²) in [6.45, 7) is 6.11. The number of aryl methyl sites for hydroxylation is 1. The second-order valence-electron chi connectivity index (χ2n) is 8.07. The molecule has 9 heteroatoms. The number of nitrogens with zero attached hydrogens (tertiary/aromatic N) is 5. The first-order valence-corrected chi connectivity index (χ1v) is 10.6. The van der Waals surface area contributed by atoms with Crippen molar-refractivity contribution in [2.75, 3.05) is 49.1 Å². The third-order valence-electron chi connectivity index (χ3n) is 5.82. The summed E-state index contributed by atoms with van der Waals surface area (Å²) >= 11 is 0. The van der Waals surface area contributed by atoms with E-state index in [-0.39, 0.29) is 11.5 Å². The van der Waals surface area contributed by atoms with Crippen LogP contribution in [0.15, 0.2) is 30.3 Å². The lowest BCUT2D eigenvalue weighted by Gasteiger charge is -2.36. The summed E-state index contributed by atoms with van der Waals surface area (Å²) in [5.41, 5.74) is 0.429. The van der Waals surface area contributed by atoms with Crippen LogP contribution in [0.25, 0.3) is 0 Å². The molecule has 0 atom stereocenters. The van der Waals surface area contributed by atoms with Gasteiger partial charge >= 0.3 is 6.18 Å². The number of aromatic nitrogens is 2. The van der Waals surface area contributed by atoms with E-state index < -0.39 is 11.7 Å². The summed E-state index contributed by atoms with van der Waals surface area (Å²) in [4.78, 5) is 28.1. The predicted molar refractivity (Wildman–Crippen MR) is 112 cm³/mol. The fourth-order valence-corrected chi connectivity index (χ4v) is 4.06. The lowest BCUT2D eigenvalue weighted by atomic mass is 10.1. The maximum Gasteiger partial charge on any atom is 0.416 e. The molecular formula is C22H26F3N5O. The Morgan fingerprint density at radius 1 is 0.871 bits per heavy atom. The van der Waals surface area contributed by atoms with Crippen LogP contribution < -0.4 is 9.80 Å². The molecule has 1 aromatic heterocycles. The Morgan fingerprint density at radius 2 is 1.52 bits per heavy atom. The molecule has 31 heavy (non-hydrogen) atoms. The van der Waals surface area contributed by atoms with Crippen LogP contribution in [0.5, 0.6) is 0 Å². The van der Waals surface area contributed by atoms with Crippen molar-refractivity contribution in [1.82, 2.24) is 14.9 Å². The molecule has 2 fully saturated rings. The van der Waals surface area contributed by atoms with Crippen LogP contribution in [0.1, 0.15) is 40.9 Å². The maximum absolute atomic E-state index is 12.7. The minimum Gasteiger partial charge on any atom is -0.353 e. The smallest absolute Gasteiger partial charge is 0.353 e. The van der Waals surface area contributed by atoms with Gasteiger partial charge in [0.25, 0.3) is 5.91 Å². The molecule has 0 radical (unpaired) electrons. The van der Waals surface area contributed by atoms with Crippen LogP contribution in [0.3, 0.4) is 0 Å². The number of benzene rings is 1. The van der Waals surface area contributed by atoms with E-state index in [2.05, 4.69) is 14.8 Å². The van der Waals surface area contributed by atoms with Crippen molar-refractivity contribution in [3.63, 3.8) is 0 Å². The van der Waals surface area contributed by atoms with Crippen molar-refractivity contribution in [2.24, 2.45) is 0 Å². The van der Waals surface area contributed by atoms with Crippen LogP contribution in [0.4, 0.5) is 24.9 Å². The van der Waals surface area contributed by atoms with Gasteiger partial charge in [0.1, 0.15) is 5.82 Å². The molecule has 0 N–H and O–H groups in total. The van der Waals surface area contributed by atoms with Gasteiger partial charge in [-0.15, -0.1) is 0 Å². The number of piperazine rings is 1. The van der Waals surface area contributed by atoms with Crippen LogP contribution in [0.2, 0.25) is 0 Å². The van der Waals surface area contributed by atoms with E-state index >= 15 is 0 Å². The van der Waals surface area contributed by atoms with Gasteiger partial charge in [-0.3, -0.25) is 4.79 Å². The number of alkyl halides is 3. The topological polar surface area (TPSA) is 52.6 Å². The fourth-order valence-electron chi connectivity index (χ4n) is 4.06. The molecule has 1 aromatic carbocycles. The number of halogens is 3. The summed E-state index contributed by atoms with van der Waals surface area (Å²) in [7, 11) is 0. The Kier molecular flexibility index (Phi) is 6.02. The lowest BCUT2D eigenvalue weighted by molar-refractivity contribution is -0.137. The lowest BCUT2D eigenvalue weighted by Crippen LogP contribution is -2.49. The summed E-state index contributed by atoms with van der Waals surface area (Å²) in [6, 6.07) is 6.36. The average Bonchev–Trinajstić information content (AvgIpc) is 2.78. The molecule has 4 rings (SSSR count). The molecule has 6 nitrogen and oxygen atoms in total. The highest BCUT2D eigenvalue weighted by Crippen LogP contribution is 2.29. The third kappa shape index (κ3) is 4.91. The van der Waals surface area contributed by atoms with E-state index in [1.54, 1.807) is 4.90 Å². The van der Waals surface area contributed by atoms with Crippen LogP contribution in [0, 0.1) is 6.92 Å². The molecule has 1 amide bonds. The Morgan fingerprint density at radius 3 is 2.13 bits per heavy atom. The van der Waals surface area contributed by atoms with Gasteiger partial charge in [0.05, 0.1) is 5.56 Å². The van der Waals surface area contributed by atoms with Crippen molar-refractivity contribution < 1.29 is 18.0 Å². The zero-order valence-electron chi connectivity index (χ0n) is 17.5. The van der Waals surface area contributed by atoms with Gasteiger partial charge in [-0.05, 0) is 50.5 Å². The van der Waals surface area contributed by atoms with Gasteiger partial charge in [0, 0.05) is 56.6 Å². The van der Waals surface area contributed by atoms with Crippen molar-refractivity contribution in [1.29, 1.82) is 0 Å². The third-order valence-corrected chi connectivity index (χ3v) is 5.82. The number of anilines is 2. The average molecular weight is 433 g/mol. The van der Waals surface area contributed by atoms with Crippen molar-refractivity contribution in [3.8, 4) is 0 Å². The highest BCUT2D eigenvalue weighted by molar-refractivity contribution is 5.94. The van der Waals surface area contributed by atoms with E-state index in [9.17, 15) is 18.0 Å². The van der Waals surface area contributed by atoms with Crippen molar-refractivity contribution >= 4 is 17.7 Å². The standard InChI is InChI=1S/C22H26F3N5O/c1-16-15-19(27-21(26-16)30-9-3-2-4-10-30)28-11-13-29(14-12-28)20(31)17-5-7-18(8-6-17)22(23,24)25/h5-8,15H,2-4,9-14H2,1H3. The minimum absolute atomic E-state index is 0.249. The minimum atomic E-state index is -4.41. The van der Waals surface area contributed by atoms with Gasteiger partial charge in [0.2, 0.25) is 5.95 Å². The zero-order chi connectivity index (χ0) is 22.0. The van der Waals surface area contributed by atoms with E-state index in [1.807, 2.05) is 13.0 Å². The number of hydrogen-bond acceptors (Lipinski definition) is 5. The van der Waals surface area contributed by atoms with Gasteiger partial charge in [-0.25, -0.2) is 4.98 Å². The maximum atomic E-state index is 12.7. The normalized spacial score (nSPS) is 17.7. The second kappa shape index (κ2) is 8.72. The van der Waals surface area contributed by atoms with Crippen LogP contribution in [-0.4, -0.2) is 60.0 Å². The highest BCUT2D eigenvalue weighted by Gasteiger charge is 2.31. The molecule has 2 aromatic rings. The summed E-state index contributed by atoms with van der Waals surface area (Å²) in [6.07, 6.45) is -0.866. The Labute approximate surface area is 179 Å². The number of hydrogen-bond donors (Lipinski definition) is 0. The fraction of sp³-hybridized carbons (Fsp3) is 0.500. The van der Waals surface area contributed by atoms with Gasteiger partial charge in [0.15, 0.2) is 0 Å². The molecule has 0 aliphatic carbocycles. The first kappa shape index (κ1) is 21.4. The molecule has 2 aliphatic heterocycles. The predicted octanol–water partition coefficient (Wildman–Crippen LogP) is 3.76. The molecular weight excluding hydrogens is 407 g/mol. The first-order valence-electron chi connectivity index (χ1n) is 10.6. The molecule has 3 heterocycles. The monoisotopic (exact) mass is 433 g/mol. The summed E-state index contributed by atoms with van der Waals surface area (Å²) < 4.78 is 38.2. The highest BCUT2D eigenvalue weighted by atomic mass is 19.4.